The normalized spacial score (nSPS) is 14.5. The zero-order chi connectivity index (χ0) is 19.2. The maximum atomic E-state index is 12.3. The standard InChI is InChI=1S/C19H23N5O3/c20-18(26)16-11-15(23-24(16)14-9-5-2-6-10-14)19(27)21-12-17(25)22-13-7-3-1-4-8-13/h2,5-6,9-11,13H,1,3-4,7-8,12H2,(H2,20,26)(H,21,27)(H,22,25). The molecule has 1 aromatic heterocycles. The van der Waals surface area contributed by atoms with Crippen LogP contribution in [-0.2, 0) is 4.79 Å². The van der Waals surface area contributed by atoms with Gasteiger partial charge in [-0.1, -0.05) is 37.5 Å². The molecule has 0 bridgehead atoms. The Kier molecular flexibility index (Phi) is 5.85. The fourth-order valence-corrected chi connectivity index (χ4v) is 3.21. The molecule has 27 heavy (non-hydrogen) atoms. The van der Waals surface area contributed by atoms with Gasteiger partial charge in [-0.25, -0.2) is 4.68 Å². The fourth-order valence-electron chi connectivity index (χ4n) is 3.21. The van der Waals surface area contributed by atoms with Crippen LogP contribution in [0.2, 0.25) is 0 Å². The van der Waals surface area contributed by atoms with Crippen LogP contribution in [-0.4, -0.2) is 40.1 Å². The van der Waals surface area contributed by atoms with Crippen LogP contribution in [0, 0.1) is 0 Å². The molecule has 1 saturated carbocycles. The second kappa shape index (κ2) is 8.48. The van der Waals surface area contributed by atoms with E-state index >= 15 is 0 Å². The van der Waals surface area contributed by atoms with Crippen LogP contribution in [0.15, 0.2) is 36.4 Å². The third kappa shape index (κ3) is 4.72. The molecule has 1 fully saturated rings. The van der Waals surface area contributed by atoms with Crippen LogP contribution in [0.1, 0.15) is 53.1 Å². The van der Waals surface area contributed by atoms with E-state index in [-0.39, 0.29) is 29.9 Å². The Morgan fingerprint density at radius 1 is 1.11 bits per heavy atom. The number of amides is 3. The predicted octanol–water partition coefficient (Wildman–Crippen LogP) is 1.15. The highest BCUT2D eigenvalue weighted by Crippen LogP contribution is 2.17. The van der Waals surface area contributed by atoms with Crippen LogP contribution in [0.25, 0.3) is 5.69 Å². The second-order valence-electron chi connectivity index (χ2n) is 6.61. The highest BCUT2D eigenvalue weighted by molar-refractivity contribution is 5.98. The number of carbonyl (C=O) groups excluding carboxylic acids is 3. The van der Waals surface area contributed by atoms with Gasteiger partial charge in [0.25, 0.3) is 11.8 Å². The summed E-state index contributed by atoms with van der Waals surface area (Å²) in [7, 11) is 0. The van der Waals surface area contributed by atoms with E-state index in [0.717, 1.165) is 25.7 Å². The van der Waals surface area contributed by atoms with Gasteiger partial charge in [-0.15, -0.1) is 0 Å². The number of hydrogen-bond donors (Lipinski definition) is 3. The summed E-state index contributed by atoms with van der Waals surface area (Å²) in [6.45, 7) is -0.139. The molecule has 8 heteroatoms. The minimum Gasteiger partial charge on any atom is -0.364 e. The Morgan fingerprint density at radius 3 is 2.48 bits per heavy atom. The zero-order valence-corrected chi connectivity index (χ0v) is 15.0. The molecule has 3 rings (SSSR count). The molecule has 142 valence electrons. The van der Waals surface area contributed by atoms with E-state index in [4.69, 9.17) is 5.73 Å². The van der Waals surface area contributed by atoms with Crippen molar-refractivity contribution in [1.29, 1.82) is 0 Å². The number of nitrogens with one attached hydrogen (secondary N) is 2. The number of aromatic nitrogens is 2. The number of nitrogens with two attached hydrogens (primary N) is 1. The average molecular weight is 369 g/mol. The van der Waals surface area contributed by atoms with Gasteiger partial charge in [0.1, 0.15) is 5.69 Å². The lowest BCUT2D eigenvalue weighted by Gasteiger charge is -2.22. The van der Waals surface area contributed by atoms with E-state index < -0.39 is 11.8 Å². The number of hydrogen-bond acceptors (Lipinski definition) is 4. The molecule has 0 spiro atoms. The van der Waals surface area contributed by atoms with Crippen molar-refractivity contribution in [2.24, 2.45) is 5.73 Å². The molecule has 0 saturated heterocycles. The summed E-state index contributed by atoms with van der Waals surface area (Å²) in [6, 6.07) is 10.4. The monoisotopic (exact) mass is 369 g/mol. The first-order chi connectivity index (χ1) is 13.0. The van der Waals surface area contributed by atoms with Gasteiger partial charge in [0, 0.05) is 12.1 Å². The van der Waals surface area contributed by atoms with Crippen molar-refractivity contribution < 1.29 is 14.4 Å². The highest BCUT2D eigenvalue weighted by Gasteiger charge is 2.20. The van der Waals surface area contributed by atoms with Gasteiger partial charge in [0.2, 0.25) is 5.91 Å². The minimum atomic E-state index is -0.694. The van der Waals surface area contributed by atoms with Gasteiger partial charge >= 0.3 is 0 Å². The lowest BCUT2D eigenvalue weighted by Crippen LogP contribution is -2.42. The third-order valence-electron chi connectivity index (χ3n) is 4.57. The fraction of sp³-hybridized carbons (Fsp3) is 0.368. The summed E-state index contributed by atoms with van der Waals surface area (Å²) in [6.07, 6.45) is 5.38. The second-order valence-corrected chi connectivity index (χ2v) is 6.61. The minimum absolute atomic E-state index is 0.0260. The summed E-state index contributed by atoms with van der Waals surface area (Å²) in [5.74, 6) is -1.46. The van der Waals surface area contributed by atoms with Gasteiger partial charge in [-0.3, -0.25) is 14.4 Å². The van der Waals surface area contributed by atoms with Crippen molar-refractivity contribution in [1.82, 2.24) is 20.4 Å². The van der Waals surface area contributed by atoms with Crippen molar-refractivity contribution in [3.8, 4) is 5.69 Å². The Balaban J connectivity index is 1.64. The quantitative estimate of drug-likeness (QED) is 0.707. The van der Waals surface area contributed by atoms with Gasteiger partial charge in [0.05, 0.1) is 12.2 Å². The number of benzene rings is 1. The zero-order valence-electron chi connectivity index (χ0n) is 15.0. The van der Waals surface area contributed by atoms with Gasteiger partial charge in [0.15, 0.2) is 5.69 Å². The van der Waals surface area contributed by atoms with Crippen LogP contribution in [0.5, 0.6) is 0 Å². The smallest absolute Gasteiger partial charge is 0.272 e. The average Bonchev–Trinajstić information content (AvgIpc) is 3.13. The molecule has 0 atom stereocenters. The lowest BCUT2D eigenvalue weighted by atomic mass is 9.95. The number of nitrogens with zero attached hydrogens (tertiary/aromatic N) is 2. The summed E-state index contributed by atoms with van der Waals surface area (Å²) in [5.41, 5.74) is 6.13. The molecule has 1 heterocycles. The summed E-state index contributed by atoms with van der Waals surface area (Å²) in [4.78, 5) is 36.0. The Hall–Kier alpha value is -3.16. The third-order valence-corrected chi connectivity index (χ3v) is 4.57. The first kappa shape index (κ1) is 18.6. The van der Waals surface area contributed by atoms with E-state index in [1.165, 1.54) is 17.2 Å². The van der Waals surface area contributed by atoms with Crippen molar-refractivity contribution in [3.63, 3.8) is 0 Å². The molecule has 4 N–H and O–H groups in total. The summed E-state index contributed by atoms with van der Waals surface area (Å²) in [5, 5.41) is 9.64. The van der Waals surface area contributed by atoms with E-state index in [1.807, 2.05) is 6.07 Å². The molecule has 0 unspecified atom stereocenters. The maximum Gasteiger partial charge on any atom is 0.272 e. The van der Waals surface area contributed by atoms with Crippen molar-refractivity contribution >= 4 is 17.7 Å². The Labute approximate surface area is 157 Å². The topological polar surface area (TPSA) is 119 Å². The predicted molar refractivity (Wildman–Crippen MR) is 99.4 cm³/mol. The molecule has 3 amide bonds. The van der Waals surface area contributed by atoms with Crippen LogP contribution >= 0.6 is 0 Å². The molecule has 1 aliphatic rings. The molecular weight excluding hydrogens is 346 g/mol. The molecule has 2 aromatic rings. The SMILES string of the molecule is NC(=O)c1cc(C(=O)NCC(=O)NC2CCCCC2)nn1-c1ccccc1. The Bertz CT molecular complexity index is 825. The molecular formula is C19H23N5O3. The number of primary amides is 1. The van der Waals surface area contributed by atoms with Crippen LogP contribution in [0.4, 0.5) is 0 Å². The van der Waals surface area contributed by atoms with Gasteiger partial charge in [-0.05, 0) is 25.0 Å². The van der Waals surface area contributed by atoms with Crippen molar-refractivity contribution in [3.05, 3.63) is 47.8 Å². The largest absolute Gasteiger partial charge is 0.364 e. The summed E-state index contributed by atoms with van der Waals surface area (Å²) >= 11 is 0. The van der Waals surface area contributed by atoms with E-state index in [2.05, 4.69) is 15.7 Å². The number of carbonyl (C=O) groups is 3. The van der Waals surface area contributed by atoms with E-state index in [9.17, 15) is 14.4 Å². The Morgan fingerprint density at radius 2 is 1.81 bits per heavy atom. The highest BCUT2D eigenvalue weighted by atomic mass is 16.2. The molecule has 0 aliphatic heterocycles. The molecule has 1 aromatic carbocycles. The molecule has 8 nitrogen and oxygen atoms in total. The van der Waals surface area contributed by atoms with E-state index in [0.29, 0.717) is 5.69 Å². The lowest BCUT2D eigenvalue weighted by molar-refractivity contribution is -0.121. The first-order valence-electron chi connectivity index (χ1n) is 9.07. The number of para-hydroxylation sites is 1. The van der Waals surface area contributed by atoms with Gasteiger partial charge in [-0.2, -0.15) is 5.10 Å². The van der Waals surface area contributed by atoms with Gasteiger partial charge < -0.3 is 16.4 Å². The van der Waals surface area contributed by atoms with Crippen molar-refractivity contribution in [2.75, 3.05) is 6.54 Å². The van der Waals surface area contributed by atoms with Crippen LogP contribution < -0.4 is 16.4 Å². The van der Waals surface area contributed by atoms with E-state index in [1.54, 1.807) is 24.3 Å². The summed E-state index contributed by atoms with van der Waals surface area (Å²) < 4.78 is 1.32. The first-order valence-corrected chi connectivity index (χ1v) is 9.07. The maximum absolute atomic E-state index is 12.3. The van der Waals surface area contributed by atoms with Crippen LogP contribution in [0.3, 0.4) is 0 Å². The van der Waals surface area contributed by atoms with Crippen molar-refractivity contribution in [2.45, 2.75) is 38.1 Å². The molecule has 1 aliphatic carbocycles. The number of rotatable bonds is 6. The molecule has 0 radical (unpaired) electrons.